The fourth-order valence-corrected chi connectivity index (χ4v) is 2.80. The van der Waals surface area contributed by atoms with Gasteiger partial charge in [-0.05, 0) is 18.6 Å². The first-order valence-corrected chi connectivity index (χ1v) is 9.25. The Labute approximate surface area is 151 Å². The van der Waals surface area contributed by atoms with Crippen LogP contribution < -0.4 is 0 Å². The summed E-state index contributed by atoms with van der Waals surface area (Å²) in [7, 11) is 0. The largest absolute Gasteiger partial charge is 0.379 e. The van der Waals surface area contributed by atoms with Crippen LogP contribution in [0.2, 0.25) is 0 Å². The Morgan fingerprint density at radius 1 is 1.08 bits per heavy atom. The zero-order valence-corrected chi connectivity index (χ0v) is 15.7. The number of rotatable bonds is 7. The molecule has 1 fully saturated rings. The summed E-state index contributed by atoms with van der Waals surface area (Å²) in [4.78, 5) is 2.41. The van der Waals surface area contributed by atoms with Crippen LogP contribution in [0.5, 0.6) is 0 Å². The molecule has 1 aliphatic rings. The lowest BCUT2D eigenvalue weighted by Crippen LogP contribution is -2.43. The van der Waals surface area contributed by atoms with Gasteiger partial charge in [-0.2, -0.15) is 5.10 Å². The molecule has 138 valence electrons. The van der Waals surface area contributed by atoms with Crippen molar-refractivity contribution in [3.63, 3.8) is 0 Å². The third kappa shape index (κ3) is 6.98. The van der Waals surface area contributed by atoms with Gasteiger partial charge in [0, 0.05) is 25.8 Å². The Hall–Kier alpha value is -1.69. The highest BCUT2D eigenvalue weighted by Gasteiger charge is 2.18. The summed E-state index contributed by atoms with van der Waals surface area (Å²) in [6.07, 6.45) is 2.14. The standard InChI is InChI=1S/C18H25N3O2.C2H6/c1-16-7-8-21(19-16)14-18(13-20-9-11-22-12-10-20)23-15-17-5-3-2-4-6-17;1-2/h2-8,18H,9-15H2,1H3;1-2H3. The molecule has 2 heterocycles. The molecule has 2 aromatic rings. The van der Waals surface area contributed by atoms with Crippen LogP contribution >= 0.6 is 0 Å². The second-order valence-electron chi connectivity index (χ2n) is 6.01. The van der Waals surface area contributed by atoms with Crippen LogP contribution in [-0.4, -0.2) is 53.6 Å². The van der Waals surface area contributed by atoms with Gasteiger partial charge in [-0.1, -0.05) is 44.2 Å². The molecule has 0 spiro atoms. The molecule has 25 heavy (non-hydrogen) atoms. The molecule has 1 atom stereocenters. The van der Waals surface area contributed by atoms with Crippen molar-refractivity contribution >= 4 is 0 Å². The minimum Gasteiger partial charge on any atom is -0.379 e. The van der Waals surface area contributed by atoms with Gasteiger partial charge in [0.2, 0.25) is 0 Å². The minimum absolute atomic E-state index is 0.118. The van der Waals surface area contributed by atoms with E-state index in [2.05, 4.69) is 22.1 Å². The van der Waals surface area contributed by atoms with Crippen LogP contribution in [0.3, 0.4) is 0 Å². The number of benzene rings is 1. The quantitative estimate of drug-likeness (QED) is 0.773. The van der Waals surface area contributed by atoms with Crippen LogP contribution in [0.25, 0.3) is 0 Å². The molecule has 3 rings (SSSR count). The maximum atomic E-state index is 6.20. The highest BCUT2D eigenvalue weighted by Crippen LogP contribution is 2.09. The van der Waals surface area contributed by atoms with E-state index in [0.717, 1.165) is 45.1 Å². The summed E-state index contributed by atoms with van der Waals surface area (Å²) in [5.74, 6) is 0. The molecule has 5 heteroatoms. The van der Waals surface area contributed by atoms with Crippen molar-refractivity contribution < 1.29 is 9.47 Å². The predicted octanol–water partition coefficient (Wildman–Crippen LogP) is 3.14. The van der Waals surface area contributed by atoms with Gasteiger partial charge in [-0.15, -0.1) is 0 Å². The van der Waals surface area contributed by atoms with E-state index in [9.17, 15) is 0 Å². The zero-order chi connectivity index (χ0) is 17.9. The first-order chi connectivity index (χ1) is 12.3. The molecule has 1 aromatic heterocycles. The van der Waals surface area contributed by atoms with Gasteiger partial charge in [0.25, 0.3) is 0 Å². The Balaban J connectivity index is 0.00000109. The van der Waals surface area contributed by atoms with Crippen molar-refractivity contribution in [3.8, 4) is 0 Å². The molecule has 0 saturated carbocycles. The van der Waals surface area contributed by atoms with Gasteiger partial charge in [-0.25, -0.2) is 0 Å². The monoisotopic (exact) mass is 345 g/mol. The van der Waals surface area contributed by atoms with Crippen molar-refractivity contribution in [2.75, 3.05) is 32.8 Å². The van der Waals surface area contributed by atoms with Crippen molar-refractivity contribution in [1.29, 1.82) is 0 Å². The average molecular weight is 345 g/mol. The average Bonchev–Trinajstić information content (AvgIpc) is 3.08. The van der Waals surface area contributed by atoms with Gasteiger partial charge < -0.3 is 9.47 Å². The number of morpholine rings is 1. The third-order valence-corrected chi connectivity index (χ3v) is 4.06. The lowest BCUT2D eigenvalue weighted by Gasteiger charge is -2.30. The van der Waals surface area contributed by atoms with Crippen molar-refractivity contribution in [1.82, 2.24) is 14.7 Å². The summed E-state index contributed by atoms with van der Waals surface area (Å²) < 4.78 is 13.6. The number of aromatic nitrogens is 2. The molecular weight excluding hydrogens is 314 g/mol. The SMILES string of the molecule is CC.Cc1ccn(CC(CN2CCOCC2)OCc2ccccc2)n1. The van der Waals surface area contributed by atoms with Crippen molar-refractivity contribution in [2.24, 2.45) is 0 Å². The fourth-order valence-electron chi connectivity index (χ4n) is 2.80. The van der Waals surface area contributed by atoms with Gasteiger partial charge >= 0.3 is 0 Å². The summed E-state index contributed by atoms with van der Waals surface area (Å²) in [6.45, 7) is 11.9. The second-order valence-corrected chi connectivity index (χ2v) is 6.01. The van der Waals surface area contributed by atoms with E-state index in [4.69, 9.17) is 9.47 Å². The summed E-state index contributed by atoms with van der Waals surface area (Å²) >= 11 is 0. The first kappa shape index (κ1) is 19.6. The Morgan fingerprint density at radius 2 is 1.80 bits per heavy atom. The lowest BCUT2D eigenvalue weighted by molar-refractivity contribution is -0.0252. The maximum absolute atomic E-state index is 6.20. The molecular formula is C20H31N3O2. The Kier molecular flexibility index (Phi) is 8.66. The summed E-state index contributed by atoms with van der Waals surface area (Å²) in [5, 5.41) is 4.49. The summed E-state index contributed by atoms with van der Waals surface area (Å²) in [6, 6.07) is 12.4. The zero-order valence-electron chi connectivity index (χ0n) is 15.7. The van der Waals surface area contributed by atoms with E-state index in [-0.39, 0.29) is 6.10 Å². The molecule has 0 radical (unpaired) electrons. The smallest absolute Gasteiger partial charge is 0.0902 e. The van der Waals surface area contributed by atoms with Gasteiger partial charge in [0.05, 0.1) is 38.2 Å². The molecule has 1 unspecified atom stereocenters. The van der Waals surface area contributed by atoms with E-state index in [1.54, 1.807) is 0 Å². The topological polar surface area (TPSA) is 39.5 Å². The van der Waals surface area contributed by atoms with E-state index in [0.29, 0.717) is 6.61 Å². The van der Waals surface area contributed by atoms with E-state index >= 15 is 0 Å². The van der Waals surface area contributed by atoms with Crippen LogP contribution in [-0.2, 0) is 22.6 Å². The summed E-state index contributed by atoms with van der Waals surface area (Å²) in [5.41, 5.74) is 2.24. The minimum atomic E-state index is 0.118. The normalized spacial score (nSPS) is 16.1. The van der Waals surface area contributed by atoms with Crippen LogP contribution in [0, 0.1) is 6.92 Å². The first-order valence-electron chi connectivity index (χ1n) is 9.25. The Morgan fingerprint density at radius 3 is 2.44 bits per heavy atom. The fraction of sp³-hybridized carbons (Fsp3) is 0.550. The second kappa shape index (κ2) is 11.0. The number of ether oxygens (including phenoxy) is 2. The third-order valence-electron chi connectivity index (χ3n) is 4.06. The number of hydrogen-bond donors (Lipinski definition) is 0. The lowest BCUT2D eigenvalue weighted by atomic mass is 10.2. The van der Waals surface area contributed by atoms with Crippen LogP contribution in [0.4, 0.5) is 0 Å². The molecule has 0 aliphatic carbocycles. The van der Waals surface area contributed by atoms with Gasteiger partial charge in [0.1, 0.15) is 0 Å². The van der Waals surface area contributed by atoms with Gasteiger partial charge in [-0.3, -0.25) is 9.58 Å². The van der Waals surface area contributed by atoms with E-state index < -0.39 is 0 Å². The predicted molar refractivity (Wildman–Crippen MR) is 101 cm³/mol. The maximum Gasteiger partial charge on any atom is 0.0902 e. The molecule has 5 nitrogen and oxygen atoms in total. The highest BCUT2D eigenvalue weighted by molar-refractivity contribution is 5.13. The van der Waals surface area contributed by atoms with E-state index in [1.165, 1.54) is 5.56 Å². The number of hydrogen-bond acceptors (Lipinski definition) is 4. The van der Waals surface area contributed by atoms with Crippen molar-refractivity contribution in [2.45, 2.75) is 40.0 Å². The molecule has 0 N–H and O–H groups in total. The van der Waals surface area contributed by atoms with Crippen LogP contribution in [0.15, 0.2) is 42.6 Å². The van der Waals surface area contributed by atoms with Crippen molar-refractivity contribution in [3.05, 3.63) is 53.9 Å². The van der Waals surface area contributed by atoms with E-state index in [1.807, 2.05) is 55.9 Å². The van der Waals surface area contributed by atoms with Crippen LogP contribution in [0.1, 0.15) is 25.1 Å². The molecule has 1 aromatic carbocycles. The number of aryl methyl sites for hydroxylation is 1. The highest BCUT2D eigenvalue weighted by atomic mass is 16.5. The van der Waals surface area contributed by atoms with Gasteiger partial charge in [0.15, 0.2) is 0 Å². The molecule has 1 aliphatic heterocycles. The number of nitrogens with zero attached hydrogens (tertiary/aromatic N) is 3. The molecule has 1 saturated heterocycles. The Bertz CT molecular complexity index is 580. The molecule has 0 bridgehead atoms. The molecule has 0 amide bonds.